The molecular formula is C30H27FNO5P. The van der Waals surface area contributed by atoms with Gasteiger partial charge in [-0.3, -0.25) is 4.57 Å². The molecule has 4 rings (SSSR count). The van der Waals surface area contributed by atoms with Gasteiger partial charge in [0.05, 0.1) is 17.5 Å². The van der Waals surface area contributed by atoms with E-state index in [0.717, 1.165) is 23.3 Å². The quantitative estimate of drug-likeness (QED) is 0.174. The second kappa shape index (κ2) is 10.9. The Kier molecular flexibility index (Phi) is 7.80. The number of aliphatic hydroxyl groups is 1. The summed E-state index contributed by atoms with van der Waals surface area (Å²) in [7, 11) is -3.77. The molecule has 0 aliphatic heterocycles. The fourth-order valence-electron chi connectivity index (χ4n) is 4.33. The molecule has 0 aliphatic carbocycles. The van der Waals surface area contributed by atoms with Gasteiger partial charge in [-0.15, -0.1) is 6.42 Å². The summed E-state index contributed by atoms with van der Waals surface area (Å²) in [6.07, 6.45) is 3.82. The lowest BCUT2D eigenvalue weighted by Crippen LogP contribution is -2.46. The maximum atomic E-state index is 13.8. The SMILES string of the molecule is C#CC(C(=O)Oc1c(-c2ccc(F)cc2)cc(-c2cccc3ccccc23)nc1C(C)C)(C(C)O)[PH](=O)O. The Hall–Kier alpha value is -3.82. The van der Waals surface area contributed by atoms with E-state index in [1.807, 2.05) is 62.2 Å². The van der Waals surface area contributed by atoms with Crippen molar-refractivity contribution in [2.24, 2.45) is 0 Å². The molecule has 3 unspecified atom stereocenters. The maximum Gasteiger partial charge on any atom is 0.342 e. The van der Waals surface area contributed by atoms with Crippen LogP contribution in [0.2, 0.25) is 0 Å². The second-order valence-corrected chi connectivity index (χ2v) is 10.7. The Morgan fingerprint density at radius 1 is 1.05 bits per heavy atom. The summed E-state index contributed by atoms with van der Waals surface area (Å²) < 4.78 is 31.8. The van der Waals surface area contributed by atoms with Crippen LogP contribution in [0.5, 0.6) is 5.75 Å². The van der Waals surface area contributed by atoms with E-state index in [9.17, 15) is 23.7 Å². The Morgan fingerprint density at radius 2 is 1.71 bits per heavy atom. The number of rotatable bonds is 7. The van der Waals surface area contributed by atoms with Crippen molar-refractivity contribution in [1.29, 1.82) is 0 Å². The zero-order chi connectivity index (χ0) is 27.6. The van der Waals surface area contributed by atoms with Crippen LogP contribution in [0.25, 0.3) is 33.2 Å². The van der Waals surface area contributed by atoms with Gasteiger partial charge in [0.1, 0.15) is 5.82 Å². The largest absolute Gasteiger partial charge is 0.422 e. The molecule has 0 aliphatic rings. The van der Waals surface area contributed by atoms with Crippen molar-refractivity contribution in [2.75, 3.05) is 0 Å². The highest BCUT2D eigenvalue weighted by Crippen LogP contribution is 2.44. The summed E-state index contributed by atoms with van der Waals surface area (Å²) in [5.41, 5.74) is 2.76. The van der Waals surface area contributed by atoms with Crippen molar-refractivity contribution in [3.63, 3.8) is 0 Å². The lowest BCUT2D eigenvalue weighted by molar-refractivity contribution is -0.138. The zero-order valence-electron chi connectivity index (χ0n) is 21.1. The molecule has 3 aromatic carbocycles. The molecule has 0 saturated heterocycles. The van der Waals surface area contributed by atoms with E-state index >= 15 is 0 Å². The number of hydrogen-bond acceptors (Lipinski definition) is 5. The number of benzene rings is 3. The van der Waals surface area contributed by atoms with Crippen molar-refractivity contribution in [3.8, 4) is 40.5 Å². The van der Waals surface area contributed by atoms with Crippen LogP contribution in [0.4, 0.5) is 4.39 Å². The van der Waals surface area contributed by atoms with Gasteiger partial charge in [0.25, 0.3) is 0 Å². The van der Waals surface area contributed by atoms with Gasteiger partial charge < -0.3 is 14.7 Å². The van der Waals surface area contributed by atoms with Gasteiger partial charge in [-0.25, -0.2) is 14.2 Å². The highest BCUT2D eigenvalue weighted by atomic mass is 31.1. The molecule has 194 valence electrons. The number of nitrogens with zero attached hydrogens (tertiary/aromatic N) is 1. The number of halogens is 1. The minimum Gasteiger partial charge on any atom is -0.422 e. The first kappa shape index (κ1) is 27.2. The number of aromatic nitrogens is 1. The highest BCUT2D eigenvalue weighted by Gasteiger charge is 2.49. The fourth-order valence-corrected chi connectivity index (χ4v) is 5.04. The number of carbonyl (C=O) groups is 1. The van der Waals surface area contributed by atoms with E-state index in [1.165, 1.54) is 24.3 Å². The molecule has 6 nitrogen and oxygen atoms in total. The first-order valence-corrected chi connectivity index (χ1v) is 13.4. The molecule has 0 fully saturated rings. The molecular weight excluding hydrogens is 504 g/mol. The van der Waals surface area contributed by atoms with Gasteiger partial charge >= 0.3 is 5.97 Å². The molecule has 8 heteroatoms. The van der Waals surface area contributed by atoms with Crippen molar-refractivity contribution >= 4 is 24.8 Å². The van der Waals surface area contributed by atoms with E-state index in [1.54, 1.807) is 6.07 Å². The van der Waals surface area contributed by atoms with Gasteiger partial charge in [0.2, 0.25) is 13.2 Å². The van der Waals surface area contributed by atoms with Gasteiger partial charge in [-0.05, 0) is 47.4 Å². The summed E-state index contributed by atoms with van der Waals surface area (Å²) in [5, 5.41) is 9.76. The highest BCUT2D eigenvalue weighted by molar-refractivity contribution is 7.42. The van der Waals surface area contributed by atoms with E-state index in [2.05, 4.69) is 0 Å². The lowest BCUT2D eigenvalue weighted by atomic mass is 9.95. The first-order chi connectivity index (χ1) is 18.1. The molecule has 1 heterocycles. The number of terminal acetylenes is 1. The van der Waals surface area contributed by atoms with Crippen LogP contribution in [0, 0.1) is 18.2 Å². The Morgan fingerprint density at radius 3 is 2.32 bits per heavy atom. The van der Waals surface area contributed by atoms with Crippen LogP contribution in [-0.2, 0) is 9.36 Å². The monoisotopic (exact) mass is 531 g/mol. The molecule has 2 N–H and O–H groups in total. The number of esters is 1. The average Bonchev–Trinajstić information content (AvgIpc) is 2.89. The summed E-state index contributed by atoms with van der Waals surface area (Å²) in [5.74, 6) is 0.0643. The van der Waals surface area contributed by atoms with E-state index in [0.29, 0.717) is 22.5 Å². The molecule has 0 saturated carbocycles. The average molecular weight is 532 g/mol. The summed E-state index contributed by atoms with van der Waals surface area (Å²) in [6, 6.07) is 21.1. The first-order valence-electron chi connectivity index (χ1n) is 12.0. The zero-order valence-corrected chi connectivity index (χ0v) is 22.1. The molecule has 0 radical (unpaired) electrons. The van der Waals surface area contributed by atoms with Crippen LogP contribution >= 0.6 is 8.03 Å². The van der Waals surface area contributed by atoms with Crippen molar-refractivity contribution in [3.05, 3.63) is 84.3 Å². The van der Waals surface area contributed by atoms with E-state index in [4.69, 9.17) is 16.1 Å². The standard InChI is InChI=1S/C30H27FNO5P/c1-5-30(19(4)33,38(35)36)29(34)37-28-25(21-13-15-22(31)16-14-21)17-26(32-27(28)18(2)3)24-12-8-10-20-9-6-7-11-23(20)24/h1,6-19,33,38H,2-4H3,(H,35,36). The van der Waals surface area contributed by atoms with E-state index in [-0.39, 0.29) is 11.7 Å². The number of carbonyl (C=O) groups excluding carboxylic acids is 1. The number of pyridine rings is 1. The minimum absolute atomic E-state index is 0.0177. The van der Waals surface area contributed by atoms with Crippen LogP contribution < -0.4 is 4.74 Å². The number of hydrogen-bond donors (Lipinski definition) is 2. The minimum atomic E-state index is -3.77. The van der Waals surface area contributed by atoms with Crippen molar-refractivity contribution < 1.29 is 28.5 Å². The topological polar surface area (TPSA) is 96.7 Å². The second-order valence-electron chi connectivity index (χ2n) is 9.28. The van der Waals surface area contributed by atoms with Gasteiger partial charge in [-0.2, -0.15) is 0 Å². The number of ether oxygens (including phenoxy) is 1. The predicted molar refractivity (Wildman–Crippen MR) is 147 cm³/mol. The molecule has 3 atom stereocenters. The third-order valence-corrected chi connectivity index (χ3v) is 7.92. The Bertz CT molecular complexity index is 1570. The molecule has 0 amide bonds. The van der Waals surface area contributed by atoms with Crippen LogP contribution in [0.1, 0.15) is 32.4 Å². The molecule has 4 aromatic rings. The lowest BCUT2D eigenvalue weighted by Gasteiger charge is -2.27. The Balaban J connectivity index is 2.00. The number of fused-ring (bicyclic) bond motifs is 1. The normalized spacial score (nSPS) is 14.5. The molecule has 38 heavy (non-hydrogen) atoms. The third kappa shape index (κ3) is 4.87. The van der Waals surface area contributed by atoms with E-state index < -0.39 is 31.1 Å². The predicted octanol–water partition coefficient (Wildman–Crippen LogP) is 5.96. The van der Waals surface area contributed by atoms with Gasteiger partial charge in [-0.1, -0.05) is 74.4 Å². The molecule has 1 aromatic heterocycles. The molecule has 0 bridgehead atoms. The Labute approximate surface area is 221 Å². The number of aliphatic hydroxyl groups excluding tert-OH is 1. The fraction of sp³-hybridized carbons (Fsp3) is 0.200. The summed E-state index contributed by atoms with van der Waals surface area (Å²) >= 11 is 0. The van der Waals surface area contributed by atoms with Gasteiger partial charge in [0, 0.05) is 11.1 Å². The summed E-state index contributed by atoms with van der Waals surface area (Å²) in [4.78, 5) is 28.1. The van der Waals surface area contributed by atoms with Gasteiger partial charge in [0.15, 0.2) is 5.75 Å². The van der Waals surface area contributed by atoms with Crippen molar-refractivity contribution in [1.82, 2.24) is 4.98 Å². The van der Waals surface area contributed by atoms with Crippen LogP contribution in [0.15, 0.2) is 72.8 Å². The van der Waals surface area contributed by atoms with Crippen molar-refractivity contribution in [2.45, 2.75) is 37.9 Å². The maximum absolute atomic E-state index is 13.8. The van der Waals surface area contributed by atoms with Crippen LogP contribution in [-0.4, -0.2) is 32.2 Å². The van der Waals surface area contributed by atoms with Crippen LogP contribution in [0.3, 0.4) is 0 Å². The third-order valence-electron chi connectivity index (χ3n) is 6.48. The smallest absolute Gasteiger partial charge is 0.342 e. The molecule has 0 spiro atoms. The summed E-state index contributed by atoms with van der Waals surface area (Å²) in [6.45, 7) is 4.88.